The number of amides is 1. The number of ketones is 2. The Balaban J connectivity index is 2.41. The van der Waals surface area contributed by atoms with Gasteiger partial charge in [-0.3, -0.25) is 18.6 Å². The summed E-state index contributed by atoms with van der Waals surface area (Å²) in [5.74, 6) is -0.484. The van der Waals surface area contributed by atoms with Crippen LogP contribution in [0.4, 0.5) is 5.69 Å². The number of hydrogen-bond acceptors (Lipinski definition) is 4. The molecule has 20 heavy (non-hydrogen) atoms. The fourth-order valence-corrected chi connectivity index (χ4v) is 3.26. The van der Waals surface area contributed by atoms with Crippen molar-refractivity contribution in [1.29, 1.82) is 0 Å². The highest BCUT2D eigenvalue weighted by Gasteiger charge is 2.29. The first-order valence-corrected chi connectivity index (χ1v) is 7.55. The van der Waals surface area contributed by atoms with Gasteiger partial charge in [0.25, 0.3) is 0 Å². The summed E-state index contributed by atoms with van der Waals surface area (Å²) >= 11 is 0. The van der Waals surface area contributed by atoms with Crippen LogP contribution in [0, 0.1) is 0 Å². The molecule has 1 aromatic rings. The Labute approximate surface area is 119 Å². The maximum absolute atomic E-state index is 12.0. The summed E-state index contributed by atoms with van der Waals surface area (Å²) in [5, 5.41) is 0. The third kappa shape index (κ3) is 2.85. The molecule has 1 aliphatic rings. The Kier molecular flexibility index (Phi) is 4.13. The van der Waals surface area contributed by atoms with Gasteiger partial charge in [0.2, 0.25) is 5.91 Å². The lowest BCUT2D eigenvalue weighted by atomic mass is 10.1. The van der Waals surface area contributed by atoms with Crippen LogP contribution >= 0.6 is 0 Å². The molecular weight excluding hydrogens is 278 g/mol. The monoisotopic (exact) mass is 293 g/mol. The average Bonchev–Trinajstić information content (AvgIpc) is 2.37. The summed E-state index contributed by atoms with van der Waals surface area (Å²) in [7, 11) is -1.44. The number of carbonyl (C=O) groups excluding carboxylic acids is 3. The summed E-state index contributed by atoms with van der Waals surface area (Å²) in [6.45, 7) is 3.18. The van der Waals surface area contributed by atoms with Gasteiger partial charge in [0.1, 0.15) is 11.5 Å². The average molecular weight is 293 g/mol. The highest BCUT2D eigenvalue weighted by Crippen LogP contribution is 2.30. The highest BCUT2D eigenvalue weighted by molar-refractivity contribution is 7.86. The predicted molar refractivity (Wildman–Crippen MR) is 75.4 cm³/mol. The summed E-state index contributed by atoms with van der Waals surface area (Å²) in [5.41, 5.74) is 1.00. The van der Waals surface area contributed by atoms with Crippen molar-refractivity contribution in [3.05, 3.63) is 23.8 Å². The van der Waals surface area contributed by atoms with Crippen molar-refractivity contribution in [3.8, 4) is 0 Å². The van der Waals surface area contributed by atoms with E-state index in [1.54, 1.807) is 18.2 Å². The van der Waals surface area contributed by atoms with Crippen LogP contribution in [0.1, 0.15) is 30.6 Å². The van der Waals surface area contributed by atoms with Crippen molar-refractivity contribution in [2.75, 3.05) is 17.2 Å². The maximum atomic E-state index is 12.0. The minimum atomic E-state index is -1.44. The summed E-state index contributed by atoms with van der Waals surface area (Å²) in [4.78, 5) is 36.4. The van der Waals surface area contributed by atoms with Gasteiger partial charge >= 0.3 is 0 Å². The molecule has 0 saturated heterocycles. The molecule has 1 heterocycles. The van der Waals surface area contributed by atoms with Gasteiger partial charge in [0, 0.05) is 18.5 Å². The largest absolute Gasteiger partial charge is 0.310 e. The lowest BCUT2D eigenvalue weighted by Crippen LogP contribution is -2.40. The molecule has 0 saturated carbocycles. The molecule has 1 amide bonds. The molecule has 0 aromatic heterocycles. The van der Waals surface area contributed by atoms with Crippen LogP contribution in [0.15, 0.2) is 23.1 Å². The lowest BCUT2D eigenvalue weighted by Gasteiger charge is -2.28. The number of benzene rings is 1. The first-order valence-electron chi connectivity index (χ1n) is 6.23. The van der Waals surface area contributed by atoms with Crippen molar-refractivity contribution in [2.24, 2.45) is 0 Å². The first kappa shape index (κ1) is 14.6. The number of nitrogens with zero attached hydrogens (tertiary/aromatic N) is 1. The molecule has 6 heteroatoms. The Morgan fingerprint density at radius 1 is 1.30 bits per heavy atom. The number of rotatable bonds is 4. The number of fused-ring (bicyclic) bond motifs is 1. The van der Waals surface area contributed by atoms with Gasteiger partial charge in [-0.15, -0.1) is 0 Å². The van der Waals surface area contributed by atoms with Crippen LogP contribution in [0.25, 0.3) is 0 Å². The molecule has 2 rings (SSSR count). The third-order valence-electron chi connectivity index (χ3n) is 3.15. The first-order chi connectivity index (χ1) is 9.40. The molecule has 0 bridgehead atoms. The van der Waals surface area contributed by atoms with Gasteiger partial charge < -0.3 is 4.90 Å². The van der Waals surface area contributed by atoms with E-state index in [2.05, 4.69) is 0 Å². The summed E-state index contributed by atoms with van der Waals surface area (Å²) in [6.07, 6.45) is 0.256. The topological polar surface area (TPSA) is 71.5 Å². The SMILES string of the molecule is CC(=O)CCN1C(=O)CS(=O)c2cc(C(C)=O)ccc21. The van der Waals surface area contributed by atoms with Crippen LogP contribution in [0.5, 0.6) is 0 Å². The lowest BCUT2D eigenvalue weighted by molar-refractivity contribution is -0.117. The zero-order valence-corrected chi connectivity index (χ0v) is 12.2. The molecule has 1 aliphatic heterocycles. The van der Waals surface area contributed by atoms with Gasteiger partial charge in [-0.25, -0.2) is 0 Å². The van der Waals surface area contributed by atoms with E-state index in [1.807, 2.05) is 0 Å². The molecule has 1 atom stereocenters. The Bertz CT molecular complexity index is 624. The van der Waals surface area contributed by atoms with Crippen molar-refractivity contribution in [1.82, 2.24) is 0 Å². The zero-order valence-electron chi connectivity index (χ0n) is 11.3. The molecule has 106 valence electrons. The molecule has 1 aromatic carbocycles. The third-order valence-corrected chi connectivity index (χ3v) is 4.47. The molecular formula is C14H15NO4S. The predicted octanol–water partition coefficient (Wildman–Crippen LogP) is 1.32. The van der Waals surface area contributed by atoms with E-state index in [0.29, 0.717) is 16.1 Å². The van der Waals surface area contributed by atoms with E-state index >= 15 is 0 Å². The van der Waals surface area contributed by atoms with E-state index < -0.39 is 10.8 Å². The van der Waals surface area contributed by atoms with Gasteiger partial charge in [-0.2, -0.15) is 0 Å². The quantitative estimate of drug-likeness (QED) is 0.785. The Hall–Kier alpha value is -1.82. The fourth-order valence-electron chi connectivity index (χ4n) is 2.06. The number of carbonyl (C=O) groups is 3. The fraction of sp³-hybridized carbons (Fsp3) is 0.357. The highest BCUT2D eigenvalue weighted by atomic mass is 32.2. The second kappa shape index (κ2) is 5.66. The molecule has 1 unspecified atom stereocenters. The van der Waals surface area contributed by atoms with E-state index in [0.717, 1.165) is 0 Å². The summed E-state index contributed by atoms with van der Waals surface area (Å²) in [6, 6.07) is 4.81. The van der Waals surface area contributed by atoms with Crippen LogP contribution in [-0.4, -0.2) is 34.0 Å². The second-order valence-electron chi connectivity index (χ2n) is 4.73. The number of anilines is 1. The Morgan fingerprint density at radius 3 is 2.60 bits per heavy atom. The zero-order chi connectivity index (χ0) is 14.9. The summed E-state index contributed by atoms with van der Waals surface area (Å²) < 4.78 is 12.0. The van der Waals surface area contributed by atoms with Crippen molar-refractivity contribution >= 4 is 34.0 Å². The van der Waals surface area contributed by atoms with Crippen LogP contribution in [0.2, 0.25) is 0 Å². The Morgan fingerprint density at radius 2 is 2.00 bits per heavy atom. The van der Waals surface area contributed by atoms with Gasteiger partial charge in [0.05, 0.1) is 21.4 Å². The number of Topliss-reactive ketones (excluding diaryl/α,β-unsaturated/α-hetero) is 2. The minimum absolute atomic E-state index is 0.00796. The van der Waals surface area contributed by atoms with Crippen molar-refractivity contribution in [2.45, 2.75) is 25.2 Å². The van der Waals surface area contributed by atoms with E-state index in [1.165, 1.54) is 18.7 Å². The molecule has 0 fully saturated rings. The maximum Gasteiger partial charge on any atom is 0.240 e. The van der Waals surface area contributed by atoms with Crippen LogP contribution in [-0.2, 0) is 20.4 Å². The second-order valence-corrected chi connectivity index (χ2v) is 6.15. The van der Waals surface area contributed by atoms with Crippen molar-refractivity contribution in [3.63, 3.8) is 0 Å². The van der Waals surface area contributed by atoms with Gasteiger partial charge in [-0.05, 0) is 32.0 Å². The number of hydrogen-bond donors (Lipinski definition) is 0. The standard InChI is InChI=1S/C14H15NO4S/c1-9(16)5-6-15-12-4-3-11(10(2)17)7-13(12)20(19)8-14(15)18/h3-4,7H,5-6,8H2,1-2H3. The van der Waals surface area contributed by atoms with E-state index in [9.17, 15) is 18.6 Å². The molecule has 5 nitrogen and oxygen atoms in total. The molecule has 0 radical (unpaired) electrons. The van der Waals surface area contributed by atoms with E-state index in [4.69, 9.17) is 0 Å². The minimum Gasteiger partial charge on any atom is -0.310 e. The normalized spacial score (nSPS) is 17.8. The molecule has 0 N–H and O–H groups in total. The van der Waals surface area contributed by atoms with Gasteiger partial charge in [-0.1, -0.05) is 0 Å². The van der Waals surface area contributed by atoms with Crippen molar-refractivity contribution < 1.29 is 18.6 Å². The van der Waals surface area contributed by atoms with Gasteiger partial charge in [0.15, 0.2) is 5.78 Å². The van der Waals surface area contributed by atoms with E-state index in [-0.39, 0.29) is 36.2 Å². The van der Waals surface area contributed by atoms with Crippen LogP contribution in [0.3, 0.4) is 0 Å². The molecule has 0 aliphatic carbocycles. The van der Waals surface area contributed by atoms with Crippen LogP contribution < -0.4 is 4.90 Å². The smallest absolute Gasteiger partial charge is 0.240 e. The molecule has 0 spiro atoms.